The second-order valence-electron chi connectivity index (χ2n) is 41.2. The first-order chi connectivity index (χ1) is 53.5. The zero-order chi connectivity index (χ0) is 77.5. The quantitative estimate of drug-likeness (QED) is 0.141. The van der Waals surface area contributed by atoms with Gasteiger partial charge in [-0.3, -0.25) is 0 Å². The summed E-state index contributed by atoms with van der Waals surface area (Å²) in [5.41, 5.74) is 26.0. The number of benzene rings is 12. The molecule has 12 aromatic carbocycles. The summed E-state index contributed by atoms with van der Waals surface area (Å²) in [6.45, 7) is 41.2. The van der Waals surface area contributed by atoms with Crippen LogP contribution in [0.25, 0.3) is 76.8 Å². The van der Waals surface area contributed by atoms with E-state index in [-0.39, 0.29) is 65.5 Å². The van der Waals surface area contributed by atoms with E-state index in [1.807, 2.05) is 0 Å². The Morgan fingerprint density at radius 1 is 0.223 bits per heavy atom. The predicted molar refractivity (Wildman–Crippen MR) is 478 cm³/mol. The second-order valence-corrected chi connectivity index (χ2v) is 41.2. The summed E-state index contributed by atoms with van der Waals surface area (Å²) in [6.07, 6.45) is 19.0. The maximum atomic E-state index is 2.84. The maximum absolute atomic E-state index is 2.84. The molecule has 0 N–H and O–H groups in total. The van der Waals surface area contributed by atoms with Gasteiger partial charge in [-0.15, -0.1) is 0 Å². The van der Waals surface area contributed by atoms with E-state index in [2.05, 4.69) is 361 Å². The Labute approximate surface area is 669 Å². The van der Waals surface area contributed by atoms with Gasteiger partial charge in [-0.25, -0.2) is 0 Å². The molecule has 8 atom stereocenters. The van der Waals surface area contributed by atoms with Gasteiger partial charge in [0.05, 0.1) is 22.2 Å². The van der Waals surface area contributed by atoms with Crippen LogP contribution in [0.5, 0.6) is 0 Å². The number of hydrogen-bond donors (Lipinski definition) is 0. The molecule has 20 rings (SSSR count). The zero-order valence-electron chi connectivity index (χ0n) is 70.0. The average Bonchev–Trinajstić information content (AvgIpc) is 1.63. The maximum Gasteiger partial charge on any atom is 0.0594 e. The molecule has 4 heterocycles. The first kappa shape index (κ1) is 71.9. The fourth-order valence-corrected chi connectivity index (χ4v) is 28.3. The minimum atomic E-state index is -0.142. The summed E-state index contributed by atoms with van der Waals surface area (Å²) < 4.78 is 0. The molecule has 4 heteroatoms. The molecular weight excluding hydrogens is 1350 g/mol. The second kappa shape index (κ2) is 24.2. The molecular formula is C108H118N4. The molecule has 570 valence electrons. The molecule has 8 aliphatic rings. The summed E-state index contributed by atoms with van der Waals surface area (Å²) in [6, 6.07) is 92.9. The predicted octanol–water partition coefficient (Wildman–Crippen LogP) is 30.3. The normalized spacial score (nSPS) is 27.5. The molecule has 4 saturated carbocycles. The number of rotatable bonds is 8. The first-order valence-electron chi connectivity index (χ1n) is 43.3. The van der Waals surface area contributed by atoms with Gasteiger partial charge in [0.25, 0.3) is 0 Å². The lowest BCUT2D eigenvalue weighted by Crippen LogP contribution is -2.64. The Bertz CT molecular complexity index is 5070. The third-order valence-corrected chi connectivity index (χ3v) is 32.5. The third kappa shape index (κ3) is 9.08. The van der Waals surface area contributed by atoms with Crippen LogP contribution in [0.15, 0.2) is 231 Å². The van der Waals surface area contributed by atoms with Crippen LogP contribution in [0.3, 0.4) is 0 Å². The Balaban J connectivity index is 0.895. The van der Waals surface area contributed by atoms with E-state index in [9.17, 15) is 0 Å². The Morgan fingerprint density at radius 2 is 0.420 bits per heavy atom. The van der Waals surface area contributed by atoms with Crippen molar-refractivity contribution in [3.8, 4) is 44.5 Å². The van der Waals surface area contributed by atoms with Gasteiger partial charge < -0.3 is 19.6 Å². The molecule has 0 spiro atoms. The van der Waals surface area contributed by atoms with Crippen molar-refractivity contribution in [2.24, 2.45) is 21.7 Å². The molecule has 12 aromatic rings. The van der Waals surface area contributed by atoms with Crippen molar-refractivity contribution >= 4 is 77.8 Å². The smallest absolute Gasteiger partial charge is 0.0594 e. The standard InChI is InChI=1S/C108H118N4/c1-97(2,3)105-61-33-29-57-101(105,13)87-65-71(45-53-91(87)109(105)75-37-21-17-22-38-75)83-69-84(72-46-54-92-88(66-72)102(14)58-30-34-62-106(102,98(4,5)6)110(92)76-39-23-18-24-40-76)80-51-52-82-86(74-48-56-94-90(68-74)104(16)60-32-36-64-108(104,100(10,11)12)112(94)78-43-27-20-28-44-78)70-85(81-50-49-79(83)95(80)96(81)82)73-47-55-93-89(67-73)103(15)59-31-35-63-107(103,99(7,8)9)111(93)77-41-25-19-26-42-77/h17-28,37-56,65-70H,29-36,57-64H2,1-16H3. The van der Waals surface area contributed by atoms with Crippen molar-refractivity contribution in [1.29, 1.82) is 0 Å². The molecule has 8 unspecified atom stereocenters. The van der Waals surface area contributed by atoms with Crippen LogP contribution in [0.2, 0.25) is 0 Å². The van der Waals surface area contributed by atoms with E-state index in [0.717, 1.165) is 51.4 Å². The fraction of sp³-hybridized carbons (Fsp3) is 0.407. The van der Waals surface area contributed by atoms with E-state index in [1.165, 1.54) is 196 Å². The number of fused-ring (bicyclic) bond motifs is 12. The lowest BCUT2D eigenvalue weighted by atomic mass is 9.52. The number of hydrogen-bond acceptors (Lipinski definition) is 4. The average molecular weight is 1470 g/mol. The van der Waals surface area contributed by atoms with Crippen LogP contribution in [0, 0.1) is 21.7 Å². The lowest BCUT2D eigenvalue weighted by Gasteiger charge is -2.59. The highest BCUT2D eigenvalue weighted by molar-refractivity contribution is 6.32. The summed E-state index contributed by atoms with van der Waals surface area (Å²) >= 11 is 0. The molecule has 0 saturated heterocycles. The minimum Gasteiger partial charge on any atom is -0.334 e. The molecule has 4 aliphatic carbocycles. The minimum absolute atomic E-state index is 0.0378. The van der Waals surface area contributed by atoms with Gasteiger partial charge in [-0.1, -0.05) is 283 Å². The van der Waals surface area contributed by atoms with Crippen molar-refractivity contribution in [3.05, 3.63) is 253 Å². The summed E-state index contributed by atoms with van der Waals surface area (Å²) in [5.74, 6) is 0. The van der Waals surface area contributed by atoms with Gasteiger partial charge in [-0.05, 0) is 281 Å². The van der Waals surface area contributed by atoms with Crippen LogP contribution in [-0.2, 0) is 21.7 Å². The Kier molecular flexibility index (Phi) is 15.5. The molecule has 4 fully saturated rings. The van der Waals surface area contributed by atoms with Crippen molar-refractivity contribution in [2.75, 3.05) is 19.6 Å². The van der Waals surface area contributed by atoms with Gasteiger partial charge in [-0.2, -0.15) is 0 Å². The van der Waals surface area contributed by atoms with Crippen molar-refractivity contribution in [1.82, 2.24) is 0 Å². The van der Waals surface area contributed by atoms with Crippen molar-refractivity contribution in [3.63, 3.8) is 0 Å². The van der Waals surface area contributed by atoms with Gasteiger partial charge in [0.15, 0.2) is 0 Å². The molecule has 112 heavy (non-hydrogen) atoms. The summed E-state index contributed by atoms with van der Waals surface area (Å²) in [4.78, 5) is 11.3. The number of anilines is 8. The van der Waals surface area contributed by atoms with Gasteiger partial charge in [0, 0.05) is 67.2 Å². The van der Waals surface area contributed by atoms with Crippen LogP contribution in [-0.4, -0.2) is 22.2 Å². The SMILES string of the molecule is CC(C)(C)C12CCCCC1(C)c1cc(-c3cc(-c4ccc5c(c4)C4(C)CCCCC4(C(C)(C)C)N5c4ccccc4)c4ccc5c(-c6ccc7c(c6)C6(C)CCCCC6(C(C)(C)C)N7c6ccccc6)cc(-c6ccc7c(c6)C6(C)CCCCC6(C(C)(C)C)N7c6ccccc6)c6ccc3c4c65)ccc1N2c1ccccc1. The summed E-state index contributed by atoms with van der Waals surface area (Å²) in [5, 5.41) is 8.04. The van der Waals surface area contributed by atoms with E-state index < -0.39 is 0 Å². The van der Waals surface area contributed by atoms with Crippen LogP contribution < -0.4 is 19.6 Å². The van der Waals surface area contributed by atoms with Crippen LogP contribution in [0.1, 0.15) is 236 Å². The van der Waals surface area contributed by atoms with E-state index >= 15 is 0 Å². The first-order valence-corrected chi connectivity index (χ1v) is 43.3. The molecule has 0 amide bonds. The van der Waals surface area contributed by atoms with Crippen LogP contribution in [0.4, 0.5) is 45.5 Å². The van der Waals surface area contributed by atoms with E-state index in [0.29, 0.717) is 0 Å². The van der Waals surface area contributed by atoms with Crippen molar-refractivity contribution < 1.29 is 0 Å². The van der Waals surface area contributed by atoms with E-state index in [4.69, 9.17) is 0 Å². The van der Waals surface area contributed by atoms with Crippen molar-refractivity contribution in [2.45, 2.75) is 257 Å². The largest absolute Gasteiger partial charge is 0.334 e. The molecule has 4 aliphatic heterocycles. The molecule has 0 aromatic heterocycles. The Morgan fingerprint density at radius 3 is 0.616 bits per heavy atom. The fourth-order valence-electron chi connectivity index (χ4n) is 28.3. The Hall–Kier alpha value is -9.12. The van der Waals surface area contributed by atoms with Crippen LogP contribution >= 0.6 is 0 Å². The monoisotopic (exact) mass is 1470 g/mol. The topological polar surface area (TPSA) is 13.0 Å². The highest BCUT2D eigenvalue weighted by Gasteiger charge is 2.70. The molecule has 4 nitrogen and oxygen atoms in total. The molecule has 0 bridgehead atoms. The zero-order valence-corrected chi connectivity index (χ0v) is 70.0. The number of para-hydroxylation sites is 4. The van der Waals surface area contributed by atoms with Gasteiger partial charge in [0.2, 0.25) is 0 Å². The van der Waals surface area contributed by atoms with E-state index in [1.54, 1.807) is 0 Å². The highest BCUT2D eigenvalue weighted by atomic mass is 15.3. The lowest BCUT2D eigenvalue weighted by molar-refractivity contribution is 0.0607. The third-order valence-electron chi connectivity index (χ3n) is 32.5. The number of nitrogens with zero attached hydrogens (tertiary/aromatic N) is 4. The summed E-state index contributed by atoms with van der Waals surface area (Å²) in [7, 11) is 0. The molecule has 0 radical (unpaired) electrons. The van der Waals surface area contributed by atoms with Gasteiger partial charge in [0.1, 0.15) is 0 Å². The highest BCUT2D eigenvalue weighted by Crippen LogP contribution is 2.72. The van der Waals surface area contributed by atoms with Gasteiger partial charge >= 0.3 is 0 Å².